The second-order valence-corrected chi connectivity index (χ2v) is 4.83. The number of para-hydroxylation sites is 1. The van der Waals surface area contributed by atoms with Crippen LogP contribution < -0.4 is 10.1 Å². The number of tetrazole rings is 1. The van der Waals surface area contributed by atoms with Crippen LogP contribution in [0.4, 0.5) is 5.69 Å². The minimum Gasteiger partial charge on any atom is -0.496 e. The van der Waals surface area contributed by atoms with Gasteiger partial charge in [-0.1, -0.05) is 30.3 Å². The van der Waals surface area contributed by atoms with Crippen molar-refractivity contribution in [3.63, 3.8) is 0 Å². The van der Waals surface area contributed by atoms with E-state index in [4.69, 9.17) is 4.74 Å². The topological polar surface area (TPSA) is 99.5 Å². The van der Waals surface area contributed by atoms with Crippen LogP contribution in [0.2, 0.25) is 0 Å². The number of hydrogen-bond acceptors (Lipinski definition) is 6. The lowest BCUT2D eigenvalue weighted by Crippen LogP contribution is -1.93. The second kappa shape index (κ2) is 7.07. The van der Waals surface area contributed by atoms with Gasteiger partial charge in [0.2, 0.25) is 5.82 Å². The number of allylic oxidation sites excluding steroid dienone is 1. The number of aromatic amines is 1. The largest absolute Gasteiger partial charge is 0.496 e. The molecule has 0 bridgehead atoms. The Balaban J connectivity index is 1.87. The molecule has 118 valence electrons. The van der Waals surface area contributed by atoms with Crippen molar-refractivity contribution in [2.24, 2.45) is 0 Å². The number of H-pyrrole nitrogens is 1. The van der Waals surface area contributed by atoms with Crippen LogP contribution >= 0.6 is 0 Å². The van der Waals surface area contributed by atoms with E-state index in [-0.39, 0.29) is 11.4 Å². The molecule has 3 aromatic rings. The van der Waals surface area contributed by atoms with Gasteiger partial charge in [0.05, 0.1) is 7.11 Å². The van der Waals surface area contributed by atoms with Crippen LogP contribution in [-0.4, -0.2) is 27.7 Å². The molecule has 0 saturated carbocycles. The summed E-state index contributed by atoms with van der Waals surface area (Å²) in [5.41, 5.74) is 3.11. The summed E-state index contributed by atoms with van der Waals surface area (Å²) in [6.07, 6.45) is 1.55. The number of benzene rings is 2. The van der Waals surface area contributed by atoms with Crippen molar-refractivity contribution in [3.8, 4) is 22.9 Å². The van der Waals surface area contributed by atoms with E-state index >= 15 is 0 Å². The Morgan fingerprint density at radius 2 is 2.12 bits per heavy atom. The van der Waals surface area contributed by atoms with Crippen LogP contribution in [0.5, 0.6) is 5.75 Å². The Kier molecular flexibility index (Phi) is 4.49. The molecule has 0 aliphatic rings. The van der Waals surface area contributed by atoms with Crippen LogP contribution in [0.1, 0.15) is 5.82 Å². The number of anilines is 1. The zero-order valence-corrected chi connectivity index (χ0v) is 12.9. The van der Waals surface area contributed by atoms with Crippen LogP contribution in [0.3, 0.4) is 0 Å². The van der Waals surface area contributed by atoms with Gasteiger partial charge in [0.15, 0.2) is 0 Å². The number of aromatic nitrogens is 4. The Hall–Kier alpha value is -3.66. The van der Waals surface area contributed by atoms with E-state index in [0.29, 0.717) is 0 Å². The van der Waals surface area contributed by atoms with E-state index in [1.807, 2.05) is 54.6 Å². The van der Waals surface area contributed by atoms with Crippen molar-refractivity contribution in [3.05, 3.63) is 60.6 Å². The maximum absolute atomic E-state index is 9.18. The first kappa shape index (κ1) is 15.2. The van der Waals surface area contributed by atoms with E-state index in [1.165, 1.54) is 0 Å². The smallest absolute Gasteiger partial charge is 0.216 e. The quantitative estimate of drug-likeness (QED) is 0.702. The van der Waals surface area contributed by atoms with E-state index in [1.54, 1.807) is 13.3 Å². The lowest BCUT2D eigenvalue weighted by atomic mass is 10.0. The minimum absolute atomic E-state index is 0.242. The SMILES string of the molecule is COc1ccccc1-c1cccc(NC=C(C#N)c2nn[nH]n2)c1. The molecule has 0 atom stereocenters. The van der Waals surface area contributed by atoms with Crippen molar-refractivity contribution in [2.45, 2.75) is 0 Å². The fraction of sp³-hybridized carbons (Fsp3) is 0.0588. The highest BCUT2D eigenvalue weighted by atomic mass is 16.5. The zero-order chi connectivity index (χ0) is 16.8. The molecule has 0 amide bonds. The number of nitriles is 1. The summed E-state index contributed by atoms with van der Waals surface area (Å²) in [5.74, 6) is 1.04. The van der Waals surface area contributed by atoms with Crippen LogP contribution in [0, 0.1) is 11.3 Å². The van der Waals surface area contributed by atoms with Gasteiger partial charge in [0.25, 0.3) is 0 Å². The molecule has 0 spiro atoms. The molecule has 0 aliphatic heterocycles. The van der Waals surface area contributed by atoms with Gasteiger partial charge in [-0.05, 0) is 29.0 Å². The Bertz CT molecular complexity index is 895. The molecule has 0 fully saturated rings. The molecule has 0 unspecified atom stereocenters. The maximum atomic E-state index is 9.18. The summed E-state index contributed by atoms with van der Waals surface area (Å²) in [4.78, 5) is 0. The Labute approximate surface area is 138 Å². The maximum Gasteiger partial charge on any atom is 0.216 e. The molecule has 1 heterocycles. The molecule has 7 heteroatoms. The molecular formula is C17H14N6O. The van der Waals surface area contributed by atoms with Crippen LogP contribution in [-0.2, 0) is 0 Å². The standard InChI is InChI=1S/C17H14N6O/c1-24-16-8-3-2-7-15(16)12-5-4-6-14(9-12)19-11-13(10-18)17-20-22-23-21-17/h2-9,11,19H,1H3,(H,20,21,22,23). The van der Waals surface area contributed by atoms with Gasteiger partial charge in [-0.15, -0.1) is 10.2 Å². The molecule has 2 aromatic carbocycles. The van der Waals surface area contributed by atoms with E-state index in [0.717, 1.165) is 22.6 Å². The number of rotatable bonds is 5. The molecular weight excluding hydrogens is 304 g/mol. The van der Waals surface area contributed by atoms with E-state index in [9.17, 15) is 5.26 Å². The summed E-state index contributed by atoms with van der Waals surface area (Å²) in [6.45, 7) is 0. The van der Waals surface area contributed by atoms with Gasteiger partial charge < -0.3 is 10.1 Å². The predicted octanol–water partition coefficient (Wildman–Crippen LogP) is 2.85. The number of nitrogens with zero attached hydrogens (tertiary/aromatic N) is 4. The Morgan fingerprint density at radius 3 is 2.88 bits per heavy atom. The molecule has 24 heavy (non-hydrogen) atoms. The lowest BCUT2D eigenvalue weighted by molar-refractivity contribution is 0.416. The predicted molar refractivity (Wildman–Crippen MR) is 89.8 cm³/mol. The third-order valence-electron chi connectivity index (χ3n) is 3.37. The fourth-order valence-electron chi connectivity index (χ4n) is 2.24. The van der Waals surface area contributed by atoms with Crippen molar-refractivity contribution in [2.75, 3.05) is 12.4 Å². The summed E-state index contributed by atoms with van der Waals surface area (Å²) in [6, 6.07) is 17.6. The van der Waals surface area contributed by atoms with Crippen LogP contribution in [0.25, 0.3) is 16.7 Å². The molecule has 0 radical (unpaired) electrons. The number of hydrogen-bond donors (Lipinski definition) is 2. The van der Waals surface area contributed by atoms with Gasteiger partial charge >= 0.3 is 0 Å². The third kappa shape index (κ3) is 3.23. The Morgan fingerprint density at radius 1 is 1.25 bits per heavy atom. The average Bonchev–Trinajstić information content (AvgIpc) is 3.17. The van der Waals surface area contributed by atoms with E-state index < -0.39 is 0 Å². The monoisotopic (exact) mass is 318 g/mol. The van der Waals surface area contributed by atoms with Crippen molar-refractivity contribution < 1.29 is 4.74 Å². The second-order valence-electron chi connectivity index (χ2n) is 4.83. The number of nitrogens with one attached hydrogen (secondary N) is 2. The summed E-state index contributed by atoms with van der Waals surface area (Å²) < 4.78 is 5.40. The fourth-order valence-corrected chi connectivity index (χ4v) is 2.24. The van der Waals surface area contributed by atoms with Gasteiger partial charge in [-0.25, -0.2) is 0 Å². The zero-order valence-electron chi connectivity index (χ0n) is 12.9. The van der Waals surface area contributed by atoms with Crippen molar-refractivity contribution in [1.82, 2.24) is 20.6 Å². The lowest BCUT2D eigenvalue weighted by Gasteiger charge is -2.10. The van der Waals surface area contributed by atoms with Crippen LogP contribution in [0.15, 0.2) is 54.7 Å². The highest BCUT2D eigenvalue weighted by molar-refractivity contribution is 5.76. The highest BCUT2D eigenvalue weighted by Gasteiger charge is 2.07. The van der Waals surface area contributed by atoms with Gasteiger partial charge in [-0.3, -0.25) is 0 Å². The average molecular weight is 318 g/mol. The third-order valence-corrected chi connectivity index (χ3v) is 3.37. The number of methoxy groups -OCH3 is 1. The summed E-state index contributed by atoms with van der Waals surface area (Å²) >= 11 is 0. The summed E-state index contributed by atoms with van der Waals surface area (Å²) in [7, 11) is 1.65. The summed E-state index contributed by atoms with van der Waals surface area (Å²) in [5, 5.41) is 25.6. The molecule has 0 aliphatic carbocycles. The van der Waals surface area contributed by atoms with Gasteiger partial charge in [0, 0.05) is 17.5 Å². The normalized spacial score (nSPS) is 10.9. The molecule has 3 rings (SSSR count). The minimum atomic E-state index is 0.242. The highest BCUT2D eigenvalue weighted by Crippen LogP contribution is 2.31. The molecule has 2 N–H and O–H groups in total. The van der Waals surface area contributed by atoms with Crippen molar-refractivity contribution >= 4 is 11.3 Å². The first-order chi connectivity index (χ1) is 11.8. The molecule has 1 aromatic heterocycles. The number of ether oxygens (including phenoxy) is 1. The first-order valence-corrected chi connectivity index (χ1v) is 7.16. The van der Waals surface area contributed by atoms with Gasteiger partial charge in [0.1, 0.15) is 17.4 Å². The molecule has 0 saturated heterocycles. The molecule has 7 nitrogen and oxygen atoms in total. The van der Waals surface area contributed by atoms with Crippen molar-refractivity contribution in [1.29, 1.82) is 5.26 Å². The van der Waals surface area contributed by atoms with Gasteiger partial charge in [-0.2, -0.15) is 10.5 Å². The first-order valence-electron chi connectivity index (χ1n) is 7.16. The van der Waals surface area contributed by atoms with E-state index in [2.05, 4.69) is 25.9 Å².